The van der Waals surface area contributed by atoms with Gasteiger partial charge in [-0.05, 0) is 74.4 Å². The lowest BCUT2D eigenvalue weighted by molar-refractivity contribution is -0.114. The fourth-order valence-corrected chi connectivity index (χ4v) is 5.04. The zero-order valence-electron chi connectivity index (χ0n) is 19.2. The number of rotatable bonds is 8. The second-order valence-corrected chi connectivity index (χ2v) is 9.36. The summed E-state index contributed by atoms with van der Waals surface area (Å²) in [5, 5.41) is 16.0. The summed E-state index contributed by atoms with van der Waals surface area (Å²) in [5.41, 5.74) is 3.46. The van der Waals surface area contributed by atoms with Crippen molar-refractivity contribution in [2.24, 2.45) is 10.1 Å². The monoisotopic (exact) mass is 465 g/mol. The van der Waals surface area contributed by atoms with Gasteiger partial charge in [-0.1, -0.05) is 38.7 Å². The van der Waals surface area contributed by atoms with E-state index in [1.165, 1.54) is 48.2 Å². The molecule has 1 N–H and O–H groups in total. The molecule has 2 aliphatic heterocycles. The first-order valence-electron chi connectivity index (χ1n) is 11.3. The SMILES string of the molecule is CCCCCCCC1=NN2C(=N)/C(=C\c3cc(C)n(-c4cccc(F)c4)c3C)C(=O)N=C2S1. The van der Waals surface area contributed by atoms with Crippen molar-refractivity contribution in [2.75, 3.05) is 0 Å². The number of amides is 1. The minimum Gasteiger partial charge on any atom is -0.318 e. The summed E-state index contributed by atoms with van der Waals surface area (Å²) in [4.78, 5) is 17.0. The van der Waals surface area contributed by atoms with Crippen molar-refractivity contribution < 1.29 is 9.18 Å². The molecule has 0 saturated carbocycles. The third-order valence-electron chi connectivity index (χ3n) is 5.83. The number of hydrogen-bond acceptors (Lipinski definition) is 4. The Kier molecular flexibility index (Phi) is 6.93. The van der Waals surface area contributed by atoms with E-state index in [2.05, 4.69) is 17.0 Å². The molecule has 4 rings (SSSR count). The van der Waals surface area contributed by atoms with Crippen LogP contribution in [-0.4, -0.2) is 31.5 Å². The number of benzene rings is 1. The predicted octanol–water partition coefficient (Wildman–Crippen LogP) is 6.21. The van der Waals surface area contributed by atoms with Crippen molar-refractivity contribution in [1.82, 2.24) is 9.58 Å². The summed E-state index contributed by atoms with van der Waals surface area (Å²) < 4.78 is 15.7. The molecule has 172 valence electrons. The Morgan fingerprint density at radius 1 is 1.15 bits per heavy atom. The minimum atomic E-state index is -0.436. The van der Waals surface area contributed by atoms with Gasteiger partial charge >= 0.3 is 0 Å². The Labute approximate surface area is 197 Å². The molecule has 2 aliphatic rings. The number of carbonyl (C=O) groups excluding carboxylic acids is 1. The quantitative estimate of drug-likeness (QED) is 0.372. The van der Waals surface area contributed by atoms with Gasteiger partial charge < -0.3 is 4.57 Å². The van der Waals surface area contributed by atoms with Crippen LogP contribution in [0.25, 0.3) is 11.8 Å². The van der Waals surface area contributed by atoms with E-state index in [1.54, 1.807) is 12.1 Å². The Balaban J connectivity index is 1.56. The van der Waals surface area contributed by atoms with Gasteiger partial charge in [0.25, 0.3) is 5.91 Å². The summed E-state index contributed by atoms with van der Waals surface area (Å²) in [5.74, 6) is -0.709. The first kappa shape index (κ1) is 23.2. The zero-order valence-corrected chi connectivity index (χ0v) is 20.0. The van der Waals surface area contributed by atoms with Gasteiger partial charge in [0.05, 0.1) is 5.57 Å². The molecular weight excluding hydrogens is 437 g/mol. The molecule has 0 radical (unpaired) electrons. The highest BCUT2D eigenvalue weighted by molar-refractivity contribution is 8.26. The molecule has 1 aromatic carbocycles. The van der Waals surface area contributed by atoms with E-state index in [0.29, 0.717) is 10.9 Å². The summed E-state index contributed by atoms with van der Waals surface area (Å²) in [6.45, 7) is 6.04. The van der Waals surface area contributed by atoms with E-state index in [0.717, 1.165) is 41.3 Å². The standard InChI is InChI=1S/C25H28FN5OS/c1-4-5-6-7-8-12-22-29-31-23(27)21(24(32)28-25(31)33-22)14-18-13-16(2)30(17(18)3)20-11-9-10-19(26)15-20/h9-11,13-15,27H,4-8,12H2,1-3H3/b21-14+,27-23?. The highest BCUT2D eigenvalue weighted by Gasteiger charge is 2.35. The first-order valence-corrected chi connectivity index (χ1v) is 12.1. The molecular formula is C25H28FN5OS. The maximum Gasteiger partial charge on any atom is 0.283 e. The Morgan fingerprint density at radius 3 is 2.70 bits per heavy atom. The number of unbranched alkanes of at least 4 members (excludes halogenated alkanes) is 4. The van der Waals surface area contributed by atoms with Gasteiger partial charge in [-0.25, -0.2) is 4.39 Å². The van der Waals surface area contributed by atoms with Gasteiger partial charge in [0.2, 0.25) is 5.17 Å². The molecule has 33 heavy (non-hydrogen) atoms. The molecule has 0 spiro atoms. The van der Waals surface area contributed by atoms with Crippen LogP contribution >= 0.6 is 11.8 Å². The van der Waals surface area contributed by atoms with Gasteiger partial charge in [-0.15, -0.1) is 0 Å². The third-order valence-corrected chi connectivity index (χ3v) is 6.80. The topological polar surface area (TPSA) is 73.8 Å². The van der Waals surface area contributed by atoms with Gasteiger partial charge in [-0.2, -0.15) is 15.1 Å². The third kappa shape index (κ3) is 4.85. The lowest BCUT2D eigenvalue weighted by atomic mass is 10.1. The number of fused-ring (bicyclic) bond motifs is 1. The van der Waals surface area contributed by atoms with E-state index in [9.17, 15) is 9.18 Å². The van der Waals surface area contributed by atoms with E-state index < -0.39 is 5.91 Å². The van der Waals surface area contributed by atoms with E-state index in [4.69, 9.17) is 5.41 Å². The number of aromatic nitrogens is 1. The first-order chi connectivity index (χ1) is 15.9. The van der Waals surface area contributed by atoms with Crippen molar-refractivity contribution in [3.05, 3.63) is 58.7 Å². The van der Waals surface area contributed by atoms with Gasteiger partial charge in [-0.3, -0.25) is 10.2 Å². The normalized spacial score (nSPS) is 17.0. The van der Waals surface area contributed by atoms with E-state index in [1.807, 2.05) is 30.5 Å². The Morgan fingerprint density at radius 2 is 1.94 bits per heavy atom. The highest BCUT2D eigenvalue weighted by atomic mass is 32.2. The number of nitrogens with one attached hydrogen (secondary N) is 1. The number of amidine groups is 2. The van der Waals surface area contributed by atoms with Gasteiger partial charge in [0.1, 0.15) is 10.9 Å². The maximum atomic E-state index is 13.8. The molecule has 3 heterocycles. The molecule has 0 fully saturated rings. The highest BCUT2D eigenvalue weighted by Crippen LogP contribution is 2.31. The Hall–Kier alpha value is -3.00. The van der Waals surface area contributed by atoms with Crippen LogP contribution in [0.15, 0.2) is 46.0 Å². The van der Waals surface area contributed by atoms with Crippen molar-refractivity contribution in [3.63, 3.8) is 0 Å². The van der Waals surface area contributed by atoms with Gasteiger partial charge in [0, 0.05) is 17.1 Å². The fourth-order valence-electron chi connectivity index (χ4n) is 4.11. The number of hydrogen-bond donors (Lipinski definition) is 1. The van der Waals surface area contributed by atoms with Crippen molar-refractivity contribution >= 4 is 39.8 Å². The summed E-state index contributed by atoms with van der Waals surface area (Å²) in [7, 11) is 0. The second kappa shape index (κ2) is 9.87. The van der Waals surface area contributed by atoms with E-state index >= 15 is 0 Å². The zero-order chi connectivity index (χ0) is 23.5. The van der Waals surface area contributed by atoms with Crippen LogP contribution in [0, 0.1) is 25.1 Å². The maximum absolute atomic E-state index is 13.8. The van der Waals surface area contributed by atoms with Crippen molar-refractivity contribution in [3.8, 4) is 5.69 Å². The summed E-state index contributed by atoms with van der Waals surface area (Å²) in [6.07, 6.45) is 8.38. The lowest BCUT2D eigenvalue weighted by Gasteiger charge is -2.20. The van der Waals surface area contributed by atoms with Crippen LogP contribution in [0.5, 0.6) is 0 Å². The van der Waals surface area contributed by atoms with Crippen LogP contribution in [0.3, 0.4) is 0 Å². The number of hydrazone groups is 1. The number of halogens is 1. The predicted molar refractivity (Wildman–Crippen MR) is 134 cm³/mol. The van der Waals surface area contributed by atoms with E-state index in [-0.39, 0.29) is 17.2 Å². The molecule has 0 unspecified atom stereocenters. The van der Waals surface area contributed by atoms with Crippen LogP contribution < -0.4 is 0 Å². The van der Waals surface area contributed by atoms with Crippen LogP contribution in [0.2, 0.25) is 0 Å². The number of aryl methyl sites for hydroxylation is 1. The molecule has 8 heteroatoms. The van der Waals surface area contributed by atoms with Gasteiger partial charge in [0.15, 0.2) is 5.84 Å². The largest absolute Gasteiger partial charge is 0.318 e. The Bertz CT molecular complexity index is 1190. The van der Waals surface area contributed by atoms with Crippen molar-refractivity contribution in [2.45, 2.75) is 59.3 Å². The minimum absolute atomic E-state index is 0.0361. The summed E-state index contributed by atoms with van der Waals surface area (Å²) >= 11 is 1.38. The molecule has 0 saturated heterocycles. The average molecular weight is 466 g/mol. The van der Waals surface area contributed by atoms with Crippen LogP contribution in [0.4, 0.5) is 4.39 Å². The molecule has 0 atom stereocenters. The number of carbonyl (C=O) groups is 1. The number of thioether (sulfide) groups is 1. The number of nitrogens with zero attached hydrogens (tertiary/aromatic N) is 4. The second-order valence-electron chi connectivity index (χ2n) is 8.32. The smallest absolute Gasteiger partial charge is 0.283 e. The average Bonchev–Trinajstić information content (AvgIpc) is 3.30. The summed E-state index contributed by atoms with van der Waals surface area (Å²) in [6, 6.07) is 8.32. The molecule has 1 aromatic heterocycles. The molecule has 1 amide bonds. The number of aliphatic imine (C=N–C) groups is 1. The van der Waals surface area contributed by atoms with Crippen molar-refractivity contribution in [1.29, 1.82) is 5.41 Å². The lowest BCUT2D eigenvalue weighted by Crippen LogP contribution is -2.35. The van der Waals surface area contributed by atoms with Crippen LogP contribution in [0.1, 0.15) is 62.4 Å². The molecule has 0 bridgehead atoms. The fraction of sp³-hybridized carbons (Fsp3) is 0.360. The molecule has 2 aromatic rings. The van der Waals surface area contributed by atoms with Crippen LogP contribution in [-0.2, 0) is 4.79 Å². The molecule has 0 aliphatic carbocycles. The molecule has 6 nitrogen and oxygen atoms in total.